The van der Waals surface area contributed by atoms with E-state index in [1.54, 1.807) is 44.2 Å². The van der Waals surface area contributed by atoms with Crippen LogP contribution in [0.3, 0.4) is 0 Å². The van der Waals surface area contributed by atoms with E-state index >= 15 is 0 Å². The van der Waals surface area contributed by atoms with Crippen LogP contribution in [0.1, 0.15) is 24.2 Å². The molecule has 0 saturated heterocycles. The number of nitrogens with one attached hydrogen (secondary N) is 3. The summed E-state index contributed by atoms with van der Waals surface area (Å²) >= 11 is 0. The summed E-state index contributed by atoms with van der Waals surface area (Å²) in [6, 6.07) is 19.5. The number of sulfonamides is 2. The molecule has 0 saturated carbocycles. The molecule has 0 heterocycles. The molecule has 3 aromatic rings. The van der Waals surface area contributed by atoms with Crippen LogP contribution in [0.25, 0.3) is 0 Å². The lowest BCUT2D eigenvalue weighted by Crippen LogP contribution is -2.30. The third kappa shape index (κ3) is 5.94. The topological polar surface area (TPSA) is 121 Å². The highest BCUT2D eigenvalue weighted by Gasteiger charge is 2.17. The maximum atomic E-state index is 12.5. The molecule has 32 heavy (non-hydrogen) atoms. The van der Waals surface area contributed by atoms with Crippen molar-refractivity contribution in [3.05, 3.63) is 84.4 Å². The van der Waals surface area contributed by atoms with Crippen LogP contribution in [0.2, 0.25) is 0 Å². The summed E-state index contributed by atoms with van der Waals surface area (Å²) in [5.41, 5.74) is 1.10. The van der Waals surface area contributed by atoms with E-state index in [1.165, 1.54) is 48.5 Å². The Kier molecular flexibility index (Phi) is 6.97. The molecule has 1 amide bonds. The van der Waals surface area contributed by atoms with E-state index in [1.807, 2.05) is 0 Å². The average Bonchev–Trinajstić information content (AvgIpc) is 2.74. The Morgan fingerprint density at radius 2 is 1.22 bits per heavy atom. The van der Waals surface area contributed by atoms with Crippen molar-refractivity contribution in [2.24, 2.45) is 0 Å². The van der Waals surface area contributed by atoms with Crippen molar-refractivity contribution < 1.29 is 21.6 Å². The third-order valence-electron chi connectivity index (χ3n) is 4.27. The summed E-state index contributed by atoms with van der Waals surface area (Å²) in [7, 11) is -7.41. The molecule has 0 aliphatic heterocycles. The van der Waals surface area contributed by atoms with E-state index in [0.717, 1.165) is 0 Å². The van der Waals surface area contributed by atoms with Gasteiger partial charge in [-0.2, -0.15) is 0 Å². The predicted molar refractivity (Wildman–Crippen MR) is 124 cm³/mol. The molecule has 0 aromatic heterocycles. The minimum Gasteiger partial charge on any atom is -0.322 e. The highest BCUT2D eigenvalue weighted by molar-refractivity contribution is 7.92. The Morgan fingerprint density at radius 1 is 0.688 bits per heavy atom. The van der Waals surface area contributed by atoms with E-state index < -0.39 is 26.0 Å². The molecular weight excluding hydrogens is 450 g/mol. The molecule has 3 N–H and O–H groups in total. The average molecular weight is 474 g/mol. The highest BCUT2D eigenvalue weighted by Crippen LogP contribution is 2.19. The van der Waals surface area contributed by atoms with E-state index in [-0.39, 0.29) is 21.4 Å². The second-order valence-electron chi connectivity index (χ2n) is 7.25. The molecular formula is C22H23N3O5S2. The van der Waals surface area contributed by atoms with Crippen molar-refractivity contribution in [3.63, 3.8) is 0 Å². The van der Waals surface area contributed by atoms with Crippen molar-refractivity contribution >= 4 is 37.3 Å². The van der Waals surface area contributed by atoms with Crippen LogP contribution in [-0.4, -0.2) is 28.8 Å². The molecule has 8 nitrogen and oxygen atoms in total. The SMILES string of the molecule is CC(C)NS(=O)(=O)c1ccc(C(=O)Nc2ccc(S(=O)(=O)Nc3ccccc3)cc2)cc1. The van der Waals surface area contributed by atoms with Crippen molar-refractivity contribution in [2.75, 3.05) is 10.0 Å². The quantitative estimate of drug-likeness (QED) is 0.463. The van der Waals surface area contributed by atoms with E-state index in [4.69, 9.17) is 0 Å². The zero-order valence-corrected chi connectivity index (χ0v) is 19.1. The summed E-state index contributed by atoms with van der Waals surface area (Å²) in [5, 5.41) is 2.66. The predicted octanol–water partition coefficient (Wildman–Crippen LogP) is 3.43. The number of hydrogen-bond acceptors (Lipinski definition) is 5. The number of rotatable bonds is 8. The Hall–Kier alpha value is -3.21. The second kappa shape index (κ2) is 9.51. The van der Waals surface area contributed by atoms with Crippen molar-refractivity contribution in [1.29, 1.82) is 0 Å². The van der Waals surface area contributed by atoms with Crippen molar-refractivity contribution in [3.8, 4) is 0 Å². The molecule has 0 unspecified atom stereocenters. The number of anilines is 2. The number of para-hydroxylation sites is 1. The fraction of sp³-hybridized carbons (Fsp3) is 0.136. The normalized spacial score (nSPS) is 11.8. The van der Waals surface area contributed by atoms with Gasteiger partial charge in [0.1, 0.15) is 0 Å². The number of carbonyl (C=O) groups is 1. The van der Waals surface area contributed by atoms with Crippen LogP contribution in [0.15, 0.2) is 88.7 Å². The minimum absolute atomic E-state index is 0.0477. The van der Waals surface area contributed by atoms with Gasteiger partial charge in [0.05, 0.1) is 9.79 Å². The lowest BCUT2D eigenvalue weighted by atomic mass is 10.2. The maximum Gasteiger partial charge on any atom is 0.261 e. The number of amides is 1. The molecule has 0 spiro atoms. The Bertz CT molecular complexity index is 1290. The van der Waals surface area contributed by atoms with E-state index in [9.17, 15) is 21.6 Å². The Morgan fingerprint density at radius 3 is 1.78 bits per heavy atom. The van der Waals surface area contributed by atoms with Crippen LogP contribution < -0.4 is 14.8 Å². The lowest BCUT2D eigenvalue weighted by molar-refractivity contribution is 0.102. The van der Waals surface area contributed by atoms with Gasteiger partial charge in [-0.3, -0.25) is 9.52 Å². The van der Waals surface area contributed by atoms with Crippen LogP contribution >= 0.6 is 0 Å². The molecule has 0 aliphatic rings. The Balaban J connectivity index is 1.68. The van der Waals surface area contributed by atoms with Gasteiger partial charge in [-0.05, 0) is 74.5 Å². The van der Waals surface area contributed by atoms with Crippen LogP contribution in [0.4, 0.5) is 11.4 Å². The van der Waals surface area contributed by atoms with Gasteiger partial charge < -0.3 is 5.32 Å². The first-order valence-corrected chi connectivity index (χ1v) is 12.7. The smallest absolute Gasteiger partial charge is 0.261 e. The zero-order chi connectivity index (χ0) is 23.4. The van der Waals surface area contributed by atoms with E-state index in [0.29, 0.717) is 11.4 Å². The lowest BCUT2D eigenvalue weighted by Gasteiger charge is -2.11. The maximum absolute atomic E-state index is 12.5. The summed E-state index contributed by atoms with van der Waals surface area (Å²) in [6.45, 7) is 3.43. The Labute approximate surface area is 187 Å². The summed E-state index contributed by atoms with van der Waals surface area (Å²) in [6.07, 6.45) is 0. The standard InChI is InChI=1S/C22H23N3O5S2/c1-16(2)24-31(27,28)20-12-8-17(9-13-20)22(26)23-18-10-14-21(15-11-18)32(29,30)25-19-6-4-3-5-7-19/h3-16,24-25H,1-2H3,(H,23,26). The first-order chi connectivity index (χ1) is 15.1. The van der Waals surface area contributed by atoms with Crippen LogP contribution in [0, 0.1) is 0 Å². The summed E-state index contributed by atoms with van der Waals surface area (Å²) < 4.78 is 54.3. The van der Waals surface area contributed by atoms with Gasteiger partial charge in [-0.25, -0.2) is 21.6 Å². The second-order valence-corrected chi connectivity index (χ2v) is 10.6. The molecule has 3 aromatic carbocycles. The van der Waals surface area contributed by atoms with Crippen LogP contribution in [-0.2, 0) is 20.0 Å². The van der Waals surface area contributed by atoms with Crippen molar-refractivity contribution in [2.45, 2.75) is 29.7 Å². The van der Waals surface area contributed by atoms with Gasteiger partial charge >= 0.3 is 0 Å². The fourth-order valence-electron chi connectivity index (χ4n) is 2.80. The molecule has 0 atom stereocenters. The van der Waals surface area contributed by atoms with Crippen LogP contribution in [0.5, 0.6) is 0 Å². The molecule has 0 aliphatic carbocycles. The van der Waals surface area contributed by atoms with Gasteiger partial charge in [0.25, 0.3) is 15.9 Å². The number of benzene rings is 3. The first-order valence-electron chi connectivity index (χ1n) is 9.68. The summed E-state index contributed by atoms with van der Waals surface area (Å²) in [5.74, 6) is -0.455. The zero-order valence-electron chi connectivity index (χ0n) is 17.4. The third-order valence-corrected chi connectivity index (χ3v) is 7.34. The highest BCUT2D eigenvalue weighted by atomic mass is 32.2. The molecule has 3 rings (SSSR count). The number of hydrogen-bond donors (Lipinski definition) is 3. The minimum atomic E-state index is -3.76. The van der Waals surface area contributed by atoms with Gasteiger partial charge in [-0.1, -0.05) is 18.2 Å². The fourth-order valence-corrected chi connectivity index (χ4v) is 5.11. The molecule has 168 valence electrons. The number of carbonyl (C=O) groups excluding carboxylic acids is 1. The molecule has 0 bridgehead atoms. The molecule has 10 heteroatoms. The largest absolute Gasteiger partial charge is 0.322 e. The molecule has 0 fully saturated rings. The first kappa shape index (κ1) is 23.5. The van der Waals surface area contributed by atoms with Gasteiger partial charge in [0.15, 0.2) is 0 Å². The van der Waals surface area contributed by atoms with Gasteiger partial charge in [0, 0.05) is 23.0 Å². The van der Waals surface area contributed by atoms with E-state index in [2.05, 4.69) is 14.8 Å². The monoisotopic (exact) mass is 473 g/mol. The van der Waals surface area contributed by atoms with Crippen molar-refractivity contribution in [1.82, 2.24) is 4.72 Å². The summed E-state index contributed by atoms with van der Waals surface area (Å²) in [4.78, 5) is 12.6. The van der Waals surface area contributed by atoms with Gasteiger partial charge in [0.2, 0.25) is 10.0 Å². The van der Waals surface area contributed by atoms with Gasteiger partial charge in [-0.15, -0.1) is 0 Å². The molecule has 0 radical (unpaired) electrons.